The highest BCUT2D eigenvalue weighted by molar-refractivity contribution is 7.85. The van der Waals surface area contributed by atoms with Crippen molar-refractivity contribution in [3.8, 4) is 0 Å². The van der Waals surface area contributed by atoms with Crippen LogP contribution in [0.1, 0.15) is 65.4 Å². The third-order valence-electron chi connectivity index (χ3n) is 8.93. The first-order valence-electron chi connectivity index (χ1n) is 17.3. The van der Waals surface area contributed by atoms with Gasteiger partial charge in [0.2, 0.25) is 11.8 Å². The highest BCUT2D eigenvalue weighted by Gasteiger charge is 2.46. The molecule has 3 amide bonds. The molecule has 1 saturated heterocycles. The number of hydrogen-bond acceptors (Lipinski definition) is 10. The van der Waals surface area contributed by atoms with Crippen LogP contribution in [0, 0.1) is 5.92 Å². The van der Waals surface area contributed by atoms with Crippen molar-refractivity contribution in [3.05, 3.63) is 75.4 Å². The number of carbonyl (C=O) groups is 5. The fourth-order valence-electron chi connectivity index (χ4n) is 6.27. The van der Waals surface area contributed by atoms with Gasteiger partial charge in [-0.3, -0.25) is 23.6 Å². The third-order valence-corrected chi connectivity index (χ3v) is 10.9. The van der Waals surface area contributed by atoms with Crippen molar-refractivity contribution in [3.63, 3.8) is 0 Å². The van der Waals surface area contributed by atoms with Crippen LogP contribution in [0.2, 0.25) is 10.0 Å². The van der Waals surface area contributed by atoms with Gasteiger partial charge in [0, 0.05) is 45.7 Å². The van der Waals surface area contributed by atoms with E-state index in [2.05, 4.69) is 10.6 Å². The summed E-state index contributed by atoms with van der Waals surface area (Å²) in [5.74, 6) is -5.14. The predicted molar refractivity (Wildman–Crippen MR) is 205 cm³/mol. The van der Waals surface area contributed by atoms with Crippen LogP contribution in [0.3, 0.4) is 0 Å². The lowest BCUT2D eigenvalue weighted by molar-refractivity contribution is -0.143. The first-order valence-corrected chi connectivity index (χ1v) is 19.4. The highest BCUT2D eigenvalue weighted by Crippen LogP contribution is 2.46. The molecule has 2 N–H and O–H groups in total. The van der Waals surface area contributed by atoms with Crippen molar-refractivity contribution >= 4 is 69.6 Å². The maximum absolute atomic E-state index is 14.0. The zero-order valence-corrected chi connectivity index (χ0v) is 33.7. The molecule has 2 heterocycles. The van der Waals surface area contributed by atoms with Crippen LogP contribution in [-0.4, -0.2) is 94.9 Å². The van der Waals surface area contributed by atoms with E-state index < -0.39 is 57.7 Å². The summed E-state index contributed by atoms with van der Waals surface area (Å²) in [7, 11) is 0.667. The standard InChI is InChI=1S/C38H46Cl2N4O9S/c1-37(2,3)53-36(49)43-38(4,5)35(48)41-22-16-18-44(19-17-22)28(45)20-26-30(33(46)51-6)32(29-24(39)14-11-15-25(29)40)31(34(47)52-7)27(42-26)21-54(50)23-12-9-8-10-13-23/h8-15,22,31-32H,16-21H2,1-7H3,(H,41,48)(H,43,49)/t31?,32-,54-/m0/s1. The van der Waals surface area contributed by atoms with Gasteiger partial charge in [0.15, 0.2) is 0 Å². The van der Waals surface area contributed by atoms with Gasteiger partial charge in [-0.2, -0.15) is 0 Å². The molecular weight excluding hydrogens is 759 g/mol. The van der Waals surface area contributed by atoms with Crippen molar-refractivity contribution in [2.75, 3.05) is 33.1 Å². The van der Waals surface area contributed by atoms with Crippen LogP contribution in [0.5, 0.6) is 0 Å². The Labute approximate surface area is 327 Å². The van der Waals surface area contributed by atoms with Crippen molar-refractivity contribution in [2.45, 2.75) is 81.9 Å². The lowest BCUT2D eigenvalue weighted by atomic mass is 9.75. The number of hydrogen-bond donors (Lipinski definition) is 2. The number of ether oxygens (including phenoxy) is 3. The van der Waals surface area contributed by atoms with Crippen LogP contribution in [0.25, 0.3) is 0 Å². The fourth-order valence-corrected chi connectivity index (χ4v) is 8.04. The maximum Gasteiger partial charge on any atom is 0.408 e. The summed E-state index contributed by atoms with van der Waals surface area (Å²) in [5.41, 5.74) is -1.76. The number of benzene rings is 2. The normalized spacial score (nSPS) is 18.6. The van der Waals surface area contributed by atoms with Crippen LogP contribution in [0.15, 0.2) is 69.7 Å². The van der Waals surface area contributed by atoms with Gasteiger partial charge in [0.1, 0.15) is 17.1 Å². The number of amides is 3. The van der Waals surface area contributed by atoms with Crippen LogP contribution in [0.4, 0.5) is 4.79 Å². The number of methoxy groups -OCH3 is 2. The topological polar surface area (TPSA) is 170 Å². The summed E-state index contributed by atoms with van der Waals surface area (Å²) in [6, 6.07) is 13.0. The molecule has 3 atom stereocenters. The molecule has 2 aliphatic rings. The number of piperidine rings is 1. The Hall–Kier alpha value is -4.27. The highest BCUT2D eigenvalue weighted by atomic mass is 35.5. The second kappa shape index (κ2) is 17.9. The van der Waals surface area contributed by atoms with Crippen molar-refractivity contribution in [1.82, 2.24) is 15.5 Å². The van der Waals surface area contributed by atoms with E-state index in [-0.39, 0.29) is 69.8 Å². The molecule has 0 spiro atoms. The molecule has 292 valence electrons. The quantitative estimate of drug-likeness (QED) is 0.225. The zero-order valence-electron chi connectivity index (χ0n) is 31.3. The predicted octanol–water partition coefficient (Wildman–Crippen LogP) is 5.36. The first-order chi connectivity index (χ1) is 25.4. The molecule has 13 nitrogen and oxygen atoms in total. The van der Waals surface area contributed by atoms with E-state index in [1.54, 1.807) is 88.0 Å². The van der Waals surface area contributed by atoms with Gasteiger partial charge in [-0.25, -0.2) is 9.59 Å². The van der Waals surface area contributed by atoms with Gasteiger partial charge in [-0.15, -0.1) is 0 Å². The largest absolute Gasteiger partial charge is 0.468 e. The van der Waals surface area contributed by atoms with Gasteiger partial charge in [-0.1, -0.05) is 47.5 Å². The van der Waals surface area contributed by atoms with E-state index >= 15 is 0 Å². The second-order valence-corrected chi connectivity index (χ2v) is 16.7. The number of likely N-dealkylation sites (tertiary alicyclic amines) is 1. The molecule has 2 aromatic rings. The van der Waals surface area contributed by atoms with Gasteiger partial charge in [0.25, 0.3) is 0 Å². The van der Waals surface area contributed by atoms with Crippen molar-refractivity contribution in [1.29, 1.82) is 0 Å². The number of carbonyl (C=O) groups excluding carboxylic acids is 5. The van der Waals surface area contributed by atoms with E-state index in [9.17, 15) is 28.2 Å². The molecule has 4 rings (SSSR count). The summed E-state index contributed by atoms with van der Waals surface area (Å²) in [6.07, 6.45) is -0.270. The first kappa shape index (κ1) is 42.5. The van der Waals surface area contributed by atoms with Crippen molar-refractivity contribution < 1.29 is 42.4 Å². The van der Waals surface area contributed by atoms with Gasteiger partial charge < -0.3 is 29.7 Å². The number of nitrogens with zero attached hydrogens (tertiary/aromatic N) is 2. The van der Waals surface area contributed by atoms with Gasteiger partial charge in [-0.05, 0) is 77.3 Å². The Morgan fingerprint density at radius 1 is 0.907 bits per heavy atom. The van der Waals surface area contributed by atoms with Crippen molar-refractivity contribution in [2.24, 2.45) is 10.9 Å². The number of halogens is 2. The Bertz CT molecular complexity index is 1830. The Morgan fingerprint density at radius 2 is 1.52 bits per heavy atom. The van der Waals surface area contributed by atoms with Crippen LogP contribution in [-0.2, 0) is 44.2 Å². The summed E-state index contributed by atoms with van der Waals surface area (Å²) in [5, 5.41) is 5.84. The van der Waals surface area contributed by atoms with E-state index in [4.69, 9.17) is 42.4 Å². The Balaban J connectivity index is 1.64. The lowest BCUT2D eigenvalue weighted by Crippen LogP contribution is -2.58. The van der Waals surface area contributed by atoms with Gasteiger partial charge >= 0.3 is 18.0 Å². The van der Waals surface area contributed by atoms with Crippen LogP contribution >= 0.6 is 23.2 Å². The van der Waals surface area contributed by atoms with Gasteiger partial charge in [0.05, 0.1) is 48.5 Å². The maximum atomic E-state index is 14.0. The molecule has 1 fully saturated rings. The molecule has 2 aromatic carbocycles. The molecule has 0 saturated carbocycles. The average Bonchev–Trinajstić information content (AvgIpc) is 3.10. The number of nitrogens with one attached hydrogen (secondary N) is 2. The molecule has 0 aromatic heterocycles. The summed E-state index contributed by atoms with van der Waals surface area (Å²) in [4.78, 5) is 73.5. The minimum absolute atomic E-state index is 0.0124. The summed E-state index contributed by atoms with van der Waals surface area (Å²) < 4.78 is 29.3. The van der Waals surface area contributed by atoms with E-state index in [1.165, 1.54) is 14.2 Å². The molecule has 54 heavy (non-hydrogen) atoms. The average molecular weight is 806 g/mol. The second-order valence-electron chi connectivity index (χ2n) is 14.4. The third kappa shape index (κ3) is 10.5. The van der Waals surface area contributed by atoms with E-state index in [1.807, 2.05) is 0 Å². The molecule has 2 aliphatic heterocycles. The minimum atomic E-state index is -1.69. The van der Waals surface area contributed by atoms with Crippen LogP contribution < -0.4 is 10.6 Å². The molecule has 16 heteroatoms. The number of alkyl carbamates (subject to hydrolysis) is 1. The molecule has 0 aliphatic carbocycles. The molecular formula is C38H46Cl2N4O9S. The Kier molecular flexibility index (Phi) is 14.1. The smallest absolute Gasteiger partial charge is 0.408 e. The Morgan fingerprint density at radius 3 is 2.07 bits per heavy atom. The summed E-state index contributed by atoms with van der Waals surface area (Å²) in [6.45, 7) is 8.84. The number of esters is 2. The zero-order chi connectivity index (χ0) is 40.0. The number of rotatable bonds is 11. The fraction of sp³-hybridized carbons (Fsp3) is 0.474. The molecule has 0 bridgehead atoms. The number of aliphatic imine (C=N–C) groups is 1. The SMILES string of the molecule is COC(=O)C1=C(CC(=O)N2CCC(NC(=O)C(C)(C)NC(=O)OC(C)(C)C)CC2)N=C(C[S@](=O)c2ccccc2)C(C(=O)OC)[C@H]1c1c(Cl)cccc1Cl. The lowest BCUT2D eigenvalue weighted by Gasteiger charge is -2.36. The monoisotopic (exact) mass is 804 g/mol. The van der Waals surface area contributed by atoms with E-state index in [0.717, 1.165) is 0 Å². The molecule has 1 unspecified atom stereocenters. The van der Waals surface area contributed by atoms with E-state index in [0.29, 0.717) is 17.7 Å². The summed E-state index contributed by atoms with van der Waals surface area (Å²) >= 11 is 13.4. The minimum Gasteiger partial charge on any atom is -0.468 e. The molecule has 0 radical (unpaired) electrons.